The molecular formula is C13H24N2O2. The predicted molar refractivity (Wildman–Crippen MR) is 66.8 cm³/mol. The van der Waals surface area contributed by atoms with Crippen LogP contribution in [0, 0.1) is 11.8 Å². The zero-order valence-corrected chi connectivity index (χ0v) is 11.0. The van der Waals surface area contributed by atoms with Crippen molar-refractivity contribution < 1.29 is 9.53 Å². The molecule has 2 aliphatic rings. The summed E-state index contributed by atoms with van der Waals surface area (Å²) in [6, 6.07) is 0. The van der Waals surface area contributed by atoms with E-state index in [4.69, 9.17) is 4.74 Å². The predicted octanol–water partition coefficient (Wildman–Crippen LogP) is 0.823. The Hall–Kier alpha value is -0.610. The molecule has 2 fully saturated rings. The fourth-order valence-corrected chi connectivity index (χ4v) is 2.69. The maximum atomic E-state index is 12.1. The third-order valence-electron chi connectivity index (χ3n) is 3.93. The minimum Gasteiger partial charge on any atom is -0.379 e. The molecule has 0 aromatic heterocycles. The molecule has 0 aromatic rings. The Balaban J connectivity index is 1.74. The Morgan fingerprint density at radius 1 is 1.24 bits per heavy atom. The second-order valence-corrected chi connectivity index (χ2v) is 5.42. The van der Waals surface area contributed by atoms with Crippen LogP contribution in [-0.2, 0) is 9.53 Å². The van der Waals surface area contributed by atoms with Gasteiger partial charge in [0.1, 0.15) is 0 Å². The fraction of sp³-hybridized carbons (Fsp3) is 0.923. The maximum Gasteiger partial charge on any atom is 0.226 e. The van der Waals surface area contributed by atoms with Crippen molar-refractivity contribution in [3.05, 3.63) is 0 Å². The van der Waals surface area contributed by atoms with Crippen LogP contribution < -0.4 is 0 Å². The van der Waals surface area contributed by atoms with Crippen molar-refractivity contribution in [3.8, 4) is 0 Å². The first-order valence-corrected chi connectivity index (χ1v) is 6.77. The molecule has 0 N–H and O–H groups in total. The van der Waals surface area contributed by atoms with E-state index in [1.54, 1.807) is 0 Å². The van der Waals surface area contributed by atoms with Gasteiger partial charge >= 0.3 is 0 Å². The normalized spacial score (nSPS) is 27.1. The van der Waals surface area contributed by atoms with Gasteiger partial charge in [-0.1, -0.05) is 13.8 Å². The van der Waals surface area contributed by atoms with Crippen LogP contribution in [0.2, 0.25) is 0 Å². The maximum absolute atomic E-state index is 12.1. The highest BCUT2D eigenvalue weighted by atomic mass is 16.5. The lowest BCUT2D eigenvalue weighted by Gasteiger charge is -2.28. The third kappa shape index (κ3) is 3.19. The highest BCUT2D eigenvalue weighted by molar-refractivity contribution is 5.81. The number of nitrogens with zero attached hydrogens (tertiary/aromatic N) is 2. The lowest BCUT2D eigenvalue weighted by molar-refractivity contribution is -0.132. The Morgan fingerprint density at radius 3 is 2.53 bits per heavy atom. The summed E-state index contributed by atoms with van der Waals surface area (Å²) < 4.78 is 5.32. The van der Waals surface area contributed by atoms with E-state index in [9.17, 15) is 4.79 Å². The van der Waals surface area contributed by atoms with E-state index in [0.717, 1.165) is 52.4 Å². The van der Waals surface area contributed by atoms with Crippen molar-refractivity contribution >= 4 is 5.91 Å². The highest BCUT2D eigenvalue weighted by Crippen LogP contribution is 2.24. The molecule has 2 aliphatic heterocycles. The van der Waals surface area contributed by atoms with Crippen LogP contribution in [0.25, 0.3) is 0 Å². The van der Waals surface area contributed by atoms with Crippen LogP contribution in [0.3, 0.4) is 0 Å². The molecule has 4 heteroatoms. The van der Waals surface area contributed by atoms with E-state index in [2.05, 4.69) is 18.7 Å². The molecule has 2 rings (SSSR count). The Morgan fingerprint density at radius 2 is 1.94 bits per heavy atom. The summed E-state index contributed by atoms with van der Waals surface area (Å²) in [5.74, 6) is 1.11. The first-order chi connectivity index (χ1) is 8.18. The molecule has 98 valence electrons. The number of morpholine rings is 1. The monoisotopic (exact) mass is 240 g/mol. The van der Waals surface area contributed by atoms with Gasteiger partial charge in [0.05, 0.1) is 13.2 Å². The van der Waals surface area contributed by atoms with E-state index in [0.29, 0.717) is 11.8 Å². The molecule has 0 aliphatic carbocycles. The molecule has 4 nitrogen and oxygen atoms in total. The molecule has 0 radical (unpaired) electrons. The number of ether oxygens (including phenoxy) is 1. The zero-order chi connectivity index (χ0) is 12.3. The third-order valence-corrected chi connectivity index (χ3v) is 3.93. The van der Waals surface area contributed by atoms with Crippen LogP contribution in [0.1, 0.15) is 20.3 Å². The molecule has 1 atom stereocenters. The van der Waals surface area contributed by atoms with Crippen LogP contribution in [0.15, 0.2) is 0 Å². The molecule has 2 heterocycles. The summed E-state index contributed by atoms with van der Waals surface area (Å²) >= 11 is 0. The topological polar surface area (TPSA) is 32.8 Å². The molecule has 0 saturated carbocycles. The van der Waals surface area contributed by atoms with Crippen LogP contribution in [0.4, 0.5) is 0 Å². The van der Waals surface area contributed by atoms with Crippen molar-refractivity contribution in [1.82, 2.24) is 9.80 Å². The van der Waals surface area contributed by atoms with E-state index in [-0.39, 0.29) is 5.92 Å². The van der Waals surface area contributed by atoms with Gasteiger partial charge in [0, 0.05) is 38.6 Å². The SMILES string of the molecule is CC(C)C1CCN(CCN2CCOCC2)C1=O. The van der Waals surface area contributed by atoms with Crippen molar-refractivity contribution in [2.45, 2.75) is 20.3 Å². The largest absolute Gasteiger partial charge is 0.379 e. The van der Waals surface area contributed by atoms with Crippen molar-refractivity contribution in [2.24, 2.45) is 11.8 Å². The zero-order valence-electron chi connectivity index (χ0n) is 11.0. The number of hydrogen-bond acceptors (Lipinski definition) is 3. The molecule has 17 heavy (non-hydrogen) atoms. The van der Waals surface area contributed by atoms with E-state index in [1.165, 1.54) is 0 Å². The first kappa shape index (κ1) is 12.8. The van der Waals surface area contributed by atoms with Crippen molar-refractivity contribution in [1.29, 1.82) is 0 Å². The summed E-state index contributed by atoms with van der Waals surface area (Å²) in [6.45, 7) is 10.8. The van der Waals surface area contributed by atoms with Crippen LogP contribution in [0.5, 0.6) is 0 Å². The minimum absolute atomic E-state index is 0.264. The van der Waals surface area contributed by atoms with Gasteiger partial charge in [-0.05, 0) is 12.3 Å². The van der Waals surface area contributed by atoms with Crippen molar-refractivity contribution in [2.75, 3.05) is 45.9 Å². The van der Waals surface area contributed by atoms with Gasteiger partial charge in [-0.2, -0.15) is 0 Å². The second-order valence-electron chi connectivity index (χ2n) is 5.42. The Bertz CT molecular complexity index is 262. The van der Waals surface area contributed by atoms with Crippen LogP contribution >= 0.6 is 0 Å². The molecule has 1 unspecified atom stereocenters. The van der Waals surface area contributed by atoms with E-state index in [1.807, 2.05) is 4.90 Å². The number of carbonyl (C=O) groups is 1. The molecule has 2 saturated heterocycles. The van der Waals surface area contributed by atoms with Gasteiger partial charge in [0.25, 0.3) is 0 Å². The summed E-state index contributed by atoms with van der Waals surface area (Å²) in [5.41, 5.74) is 0. The van der Waals surface area contributed by atoms with Crippen molar-refractivity contribution in [3.63, 3.8) is 0 Å². The summed E-state index contributed by atoms with van der Waals surface area (Å²) in [5, 5.41) is 0. The van der Waals surface area contributed by atoms with Gasteiger partial charge < -0.3 is 9.64 Å². The lowest BCUT2D eigenvalue weighted by Crippen LogP contribution is -2.42. The Labute approximate surface area is 104 Å². The average Bonchev–Trinajstić information content (AvgIpc) is 2.69. The number of rotatable bonds is 4. The first-order valence-electron chi connectivity index (χ1n) is 6.77. The van der Waals surface area contributed by atoms with Gasteiger partial charge in [0.2, 0.25) is 5.91 Å². The summed E-state index contributed by atoms with van der Waals surface area (Å²) in [4.78, 5) is 16.5. The molecule has 0 bridgehead atoms. The number of hydrogen-bond donors (Lipinski definition) is 0. The number of amides is 1. The second kappa shape index (κ2) is 5.83. The van der Waals surface area contributed by atoms with Crippen LogP contribution in [-0.4, -0.2) is 61.6 Å². The highest BCUT2D eigenvalue weighted by Gasteiger charge is 2.33. The lowest BCUT2D eigenvalue weighted by atomic mass is 9.95. The van der Waals surface area contributed by atoms with Gasteiger partial charge in [-0.15, -0.1) is 0 Å². The molecule has 0 aromatic carbocycles. The number of carbonyl (C=O) groups excluding carboxylic acids is 1. The molecule has 0 spiro atoms. The quantitative estimate of drug-likeness (QED) is 0.729. The van der Waals surface area contributed by atoms with Gasteiger partial charge in [-0.3, -0.25) is 9.69 Å². The molecule has 1 amide bonds. The Kier molecular flexibility index (Phi) is 4.40. The summed E-state index contributed by atoms with van der Waals surface area (Å²) in [7, 11) is 0. The average molecular weight is 240 g/mol. The summed E-state index contributed by atoms with van der Waals surface area (Å²) in [6.07, 6.45) is 1.04. The smallest absolute Gasteiger partial charge is 0.226 e. The standard InChI is InChI=1S/C13H24N2O2/c1-11(2)12-3-4-15(13(12)16)6-5-14-7-9-17-10-8-14/h11-12H,3-10H2,1-2H3. The fourth-order valence-electron chi connectivity index (χ4n) is 2.69. The van der Waals surface area contributed by atoms with Gasteiger partial charge in [0.15, 0.2) is 0 Å². The van der Waals surface area contributed by atoms with Gasteiger partial charge in [-0.25, -0.2) is 0 Å². The molecular weight excluding hydrogens is 216 g/mol. The minimum atomic E-state index is 0.264. The van der Waals surface area contributed by atoms with E-state index < -0.39 is 0 Å². The van der Waals surface area contributed by atoms with E-state index >= 15 is 0 Å². The number of likely N-dealkylation sites (tertiary alicyclic amines) is 1.